The minimum atomic E-state index is -1.13. The van der Waals surface area contributed by atoms with Gasteiger partial charge in [-0.3, -0.25) is 9.78 Å². The van der Waals surface area contributed by atoms with Gasteiger partial charge >= 0.3 is 5.97 Å². The Morgan fingerprint density at radius 3 is 2.76 bits per heavy atom. The summed E-state index contributed by atoms with van der Waals surface area (Å²) in [6.07, 6.45) is 5.24. The highest BCUT2D eigenvalue weighted by molar-refractivity contribution is 5.93. The highest BCUT2D eigenvalue weighted by atomic mass is 16.4. The Bertz CT molecular complexity index is 415. The van der Waals surface area contributed by atoms with Crippen molar-refractivity contribution in [3.8, 4) is 0 Å². The first-order valence-corrected chi connectivity index (χ1v) is 5.22. The molecule has 0 atom stereocenters. The molecule has 0 radical (unpaired) electrons. The second-order valence-corrected chi connectivity index (χ2v) is 3.39. The predicted octanol–water partition coefficient (Wildman–Crippen LogP) is 1.07. The van der Waals surface area contributed by atoms with E-state index >= 15 is 0 Å². The number of hydrogen-bond donors (Lipinski definition) is 1. The zero-order valence-electron chi connectivity index (χ0n) is 9.54. The van der Waals surface area contributed by atoms with Crippen LogP contribution in [0.3, 0.4) is 0 Å². The van der Waals surface area contributed by atoms with E-state index in [1.54, 1.807) is 18.5 Å². The first-order valence-electron chi connectivity index (χ1n) is 5.22. The Hall–Kier alpha value is -2.17. The molecule has 0 unspecified atom stereocenters. The molecule has 90 valence electrons. The summed E-state index contributed by atoms with van der Waals surface area (Å²) in [5.74, 6) is -1.45. The molecule has 0 aliphatic heterocycles. The van der Waals surface area contributed by atoms with Crippen molar-refractivity contribution in [1.29, 1.82) is 0 Å². The smallest absolute Gasteiger partial charge is 0.328 e. The third-order valence-electron chi connectivity index (χ3n) is 2.16. The topological polar surface area (TPSA) is 70.5 Å². The molecule has 0 aliphatic rings. The molecule has 1 rings (SSSR count). The van der Waals surface area contributed by atoms with Gasteiger partial charge in [-0.1, -0.05) is 6.07 Å². The van der Waals surface area contributed by atoms with E-state index in [2.05, 4.69) is 4.98 Å². The van der Waals surface area contributed by atoms with Gasteiger partial charge in [-0.15, -0.1) is 0 Å². The van der Waals surface area contributed by atoms with Gasteiger partial charge in [-0.2, -0.15) is 0 Å². The molecule has 0 spiro atoms. The van der Waals surface area contributed by atoms with E-state index in [0.717, 1.165) is 17.7 Å². The summed E-state index contributed by atoms with van der Waals surface area (Å²) in [6.45, 7) is 2.77. The van der Waals surface area contributed by atoms with Crippen LogP contribution in [-0.2, 0) is 16.1 Å². The molecule has 1 aromatic rings. The van der Waals surface area contributed by atoms with Gasteiger partial charge in [0.05, 0.1) is 0 Å². The molecular formula is C12H14N2O3. The van der Waals surface area contributed by atoms with Crippen LogP contribution < -0.4 is 0 Å². The van der Waals surface area contributed by atoms with Crippen LogP contribution in [0.25, 0.3) is 0 Å². The molecule has 0 saturated heterocycles. The van der Waals surface area contributed by atoms with Crippen molar-refractivity contribution in [3.63, 3.8) is 0 Å². The van der Waals surface area contributed by atoms with Crippen LogP contribution in [0, 0.1) is 0 Å². The lowest BCUT2D eigenvalue weighted by molar-refractivity contribution is -0.132. The Morgan fingerprint density at radius 2 is 2.24 bits per heavy atom. The molecule has 1 amide bonds. The molecule has 0 aromatic carbocycles. The Morgan fingerprint density at radius 1 is 1.47 bits per heavy atom. The van der Waals surface area contributed by atoms with Gasteiger partial charge in [0.25, 0.3) is 0 Å². The minimum absolute atomic E-state index is 0.321. The van der Waals surface area contributed by atoms with Crippen LogP contribution in [0.2, 0.25) is 0 Å². The number of nitrogens with zero attached hydrogens (tertiary/aromatic N) is 2. The van der Waals surface area contributed by atoms with Crippen molar-refractivity contribution in [2.24, 2.45) is 0 Å². The van der Waals surface area contributed by atoms with Gasteiger partial charge in [-0.05, 0) is 18.6 Å². The largest absolute Gasteiger partial charge is 0.478 e. The summed E-state index contributed by atoms with van der Waals surface area (Å²) >= 11 is 0. The van der Waals surface area contributed by atoms with Crippen molar-refractivity contribution in [2.75, 3.05) is 6.54 Å². The highest BCUT2D eigenvalue weighted by Gasteiger charge is 2.09. The summed E-state index contributed by atoms with van der Waals surface area (Å²) in [7, 11) is 0. The maximum Gasteiger partial charge on any atom is 0.328 e. The monoisotopic (exact) mass is 234 g/mol. The Balaban J connectivity index is 2.66. The number of likely N-dealkylation sites (N-methyl/N-ethyl adjacent to an activating group) is 1. The minimum Gasteiger partial charge on any atom is -0.478 e. The molecule has 1 N–H and O–H groups in total. The average molecular weight is 234 g/mol. The number of carboxylic acids is 1. The molecule has 0 saturated carbocycles. The summed E-state index contributed by atoms with van der Waals surface area (Å²) in [5.41, 5.74) is 0.909. The van der Waals surface area contributed by atoms with E-state index in [0.29, 0.717) is 13.1 Å². The number of carboxylic acid groups (broad SMARTS) is 1. The lowest BCUT2D eigenvalue weighted by Gasteiger charge is -2.18. The van der Waals surface area contributed by atoms with E-state index in [9.17, 15) is 9.59 Å². The molecule has 0 bridgehead atoms. The fourth-order valence-electron chi connectivity index (χ4n) is 1.31. The van der Waals surface area contributed by atoms with Gasteiger partial charge < -0.3 is 10.0 Å². The van der Waals surface area contributed by atoms with Gasteiger partial charge in [0.2, 0.25) is 5.91 Å². The lowest BCUT2D eigenvalue weighted by Crippen LogP contribution is -2.28. The van der Waals surface area contributed by atoms with E-state index in [1.807, 2.05) is 13.0 Å². The van der Waals surface area contributed by atoms with E-state index < -0.39 is 5.97 Å². The Labute approximate surface area is 99.4 Å². The average Bonchev–Trinajstić information content (AvgIpc) is 2.34. The molecule has 0 aliphatic carbocycles. The lowest BCUT2D eigenvalue weighted by atomic mass is 10.2. The number of aliphatic carboxylic acids is 1. The number of carbonyl (C=O) groups excluding carboxylic acids is 1. The number of carbonyl (C=O) groups is 2. The van der Waals surface area contributed by atoms with Crippen LogP contribution in [0.4, 0.5) is 0 Å². The van der Waals surface area contributed by atoms with Gasteiger partial charge in [0, 0.05) is 37.6 Å². The van der Waals surface area contributed by atoms with Crippen molar-refractivity contribution < 1.29 is 14.7 Å². The van der Waals surface area contributed by atoms with E-state index in [1.165, 1.54) is 4.90 Å². The number of pyridine rings is 1. The predicted molar refractivity (Wildman–Crippen MR) is 62.1 cm³/mol. The Kier molecular flexibility index (Phi) is 4.87. The molecular weight excluding hydrogens is 220 g/mol. The van der Waals surface area contributed by atoms with Crippen LogP contribution in [0.15, 0.2) is 36.7 Å². The van der Waals surface area contributed by atoms with Gasteiger partial charge in [0.15, 0.2) is 0 Å². The van der Waals surface area contributed by atoms with Crippen LogP contribution in [0.1, 0.15) is 12.5 Å². The number of rotatable bonds is 5. The summed E-state index contributed by atoms with van der Waals surface area (Å²) in [4.78, 5) is 27.4. The zero-order valence-corrected chi connectivity index (χ0v) is 9.54. The van der Waals surface area contributed by atoms with Crippen LogP contribution in [-0.4, -0.2) is 33.4 Å². The number of hydrogen-bond acceptors (Lipinski definition) is 3. The molecule has 0 fully saturated rings. The number of amides is 1. The summed E-state index contributed by atoms with van der Waals surface area (Å²) in [5, 5.41) is 8.44. The standard InChI is InChI=1S/C12H14N2O3/c1-2-14(11(15)5-6-12(16)17)9-10-4-3-7-13-8-10/h3-8H,2,9H2,1H3,(H,16,17)/b6-5+. The molecule has 1 heterocycles. The normalized spacial score (nSPS) is 10.4. The fourth-order valence-corrected chi connectivity index (χ4v) is 1.31. The maximum atomic E-state index is 11.6. The third-order valence-corrected chi connectivity index (χ3v) is 2.16. The van der Waals surface area contributed by atoms with Crippen LogP contribution in [0.5, 0.6) is 0 Å². The van der Waals surface area contributed by atoms with Crippen molar-refractivity contribution in [2.45, 2.75) is 13.5 Å². The first-order chi connectivity index (χ1) is 8.13. The SMILES string of the molecule is CCN(Cc1cccnc1)C(=O)/C=C/C(=O)O. The van der Waals surface area contributed by atoms with Crippen LogP contribution >= 0.6 is 0 Å². The third kappa shape index (κ3) is 4.46. The molecule has 1 aromatic heterocycles. The zero-order chi connectivity index (χ0) is 12.7. The highest BCUT2D eigenvalue weighted by Crippen LogP contribution is 2.03. The van der Waals surface area contributed by atoms with Crippen molar-refractivity contribution >= 4 is 11.9 Å². The van der Waals surface area contributed by atoms with Crippen molar-refractivity contribution in [1.82, 2.24) is 9.88 Å². The fraction of sp³-hybridized carbons (Fsp3) is 0.250. The number of aromatic nitrogens is 1. The second kappa shape index (κ2) is 6.42. The summed E-state index contributed by atoms with van der Waals surface area (Å²) in [6, 6.07) is 3.66. The maximum absolute atomic E-state index is 11.6. The van der Waals surface area contributed by atoms with Gasteiger partial charge in [0.1, 0.15) is 0 Å². The summed E-state index contributed by atoms with van der Waals surface area (Å²) < 4.78 is 0. The second-order valence-electron chi connectivity index (χ2n) is 3.39. The molecule has 5 nitrogen and oxygen atoms in total. The first kappa shape index (κ1) is 12.9. The van der Waals surface area contributed by atoms with E-state index in [-0.39, 0.29) is 5.91 Å². The van der Waals surface area contributed by atoms with E-state index in [4.69, 9.17) is 5.11 Å². The molecule has 17 heavy (non-hydrogen) atoms. The quantitative estimate of drug-likeness (QED) is 0.774. The van der Waals surface area contributed by atoms with Gasteiger partial charge in [-0.25, -0.2) is 4.79 Å². The molecule has 5 heteroatoms. The van der Waals surface area contributed by atoms with Crippen molar-refractivity contribution in [3.05, 3.63) is 42.2 Å².